The molecule has 0 aliphatic heterocycles. The third-order valence-corrected chi connectivity index (χ3v) is 1.94. The molecular formula is C9H11N5. The second-order valence-corrected chi connectivity index (χ2v) is 3.23. The van der Waals surface area contributed by atoms with Gasteiger partial charge in [-0.1, -0.05) is 0 Å². The van der Waals surface area contributed by atoms with Gasteiger partial charge in [-0.3, -0.25) is 5.10 Å². The number of H-pyrrole nitrogens is 1. The number of nitrogens with one attached hydrogen (secondary N) is 1. The lowest BCUT2D eigenvalue weighted by atomic mass is 10.2. The number of nitrogens with zero attached hydrogens (tertiary/aromatic N) is 4. The van der Waals surface area contributed by atoms with Gasteiger partial charge in [0, 0.05) is 5.56 Å². The van der Waals surface area contributed by atoms with Crippen LogP contribution in [-0.4, -0.2) is 25.4 Å². The van der Waals surface area contributed by atoms with Crippen LogP contribution in [0.4, 0.5) is 0 Å². The Labute approximate surface area is 81.6 Å². The van der Waals surface area contributed by atoms with Crippen molar-refractivity contribution in [3.05, 3.63) is 23.3 Å². The minimum atomic E-state index is 0.679. The van der Waals surface area contributed by atoms with Crippen LogP contribution >= 0.6 is 0 Å². The van der Waals surface area contributed by atoms with Gasteiger partial charge in [0.1, 0.15) is 5.82 Å². The Hall–Kier alpha value is -1.78. The summed E-state index contributed by atoms with van der Waals surface area (Å²) >= 11 is 0. The van der Waals surface area contributed by atoms with E-state index in [0.29, 0.717) is 5.82 Å². The molecule has 0 aliphatic rings. The summed E-state index contributed by atoms with van der Waals surface area (Å²) in [4.78, 5) is 4.25. The molecule has 2 aromatic heterocycles. The number of hydrogen-bond donors (Lipinski definition) is 1. The summed E-state index contributed by atoms with van der Waals surface area (Å²) in [6.07, 6.45) is 0. The molecule has 0 spiro atoms. The van der Waals surface area contributed by atoms with E-state index in [1.165, 1.54) is 0 Å². The van der Waals surface area contributed by atoms with E-state index in [4.69, 9.17) is 0 Å². The Bertz CT molecular complexity index is 460. The largest absolute Gasteiger partial charge is 0.263 e. The van der Waals surface area contributed by atoms with Crippen LogP contribution in [0.15, 0.2) is 6.07 Å². The minimum Gasteiger partial charge on any atom is -0.263 e. The summed E-state index contributed by atoms with van der Waals surface area (Å²) in [7, 11) is 0. The van der Waals surface area contributed by atoms with Gasteiger partial charge in [0.25, 0.3) is 0 Å². The zero-order valence-electron chi connectivity index (χ0n) is 8.37. The van der Waals surface area contributed by atoms with Gasteiger partial charge in [0.05, 0.1) is 11.4 Å². The van der Waals surface area contributed by atoms with Gasteiger partial charge in [0.2, 0.25) is 0 Å². The van der Waals surface area contributed by atoms with Crippen molar-refractivity contribution in [1.82, 2.24) is 25.4 Å². The molecule has 0 aromatic carbocycles. The summed E-state index contributed by atoms with van der Waals surface area (Å²) in [6, 6.07) is 1.94. The molecule has 2 aromatic rings. The van der Waals surface area contributed by atoms with E-state index >= 15 is 0 Å². The van der Waals surface area contributed by atoms with E-state index in [0.717, 1.165) is 22.8 Å². The van der Waals surface area contributed by atoms with E-state index in [1.807, 2.05) is 26.8 Å². The quantitative estimate of drug-likeness (QED) is 0.731. The van der Waals surface area contributed by atoms with Gasteiger partial charge < -0.3 is 0 Å². The van der Waals surface area contributed by atoms with Crippen molar-refractivity contribution < 1.29 is 0 Å². The van der Waals surface area contributed by atoms with Crippen molar-refractivity contribution in [2.45, 2.75) is 20.8 Å². The van der Waals surface area contributed by atoms with Crippen molar-refractivity contribution in [2.24, 2.45) is 0 Å². The number of aromatic nitrogens is 5. The smallest absolute Gasteiger partial charge is 0.183 e. The maximum absolute atomic E-state index is 4.25. The third-order valence-electron chi connectivity index (χ3n) is 1.94. The summed E-state index contributed by atoms with van der Waals surface area (Å²) in [5, 5.41) is 14.9. The first-order chi connectivity index (χ1) is 6.66. The zero-order valence-corrected chi connectivity index (χ0v) is 8.37. The molecule has 2 rings (SSSR count). The fraction of sp³-hybridized carbons (Fsp3) is 0.333. The Kier molecular flexibility index (Phi) is 1.99. The second-order valence-electron chi connectivity index (χ2n) is 3.23. The lowest BCUT2D eigenvalue weighted by molar-refractivity contribution is 0.938. The molecule has 0 saturated carbocycles. The fourth-order valence-corrected chi connectivity index (χ4v) is 1.24. The second kappa shape index (κ2) is 3.17. The fourth-order valence-electron chi connectivity index (χ4n) is 1.24. The highest BCUT2D eigenvalue weighted by molar-refractivity contribution is 5.57. The standard InChI is InChI=1S/C9H11N5/c1-5-4-8(6(2)12-11-5)9-10-7(3)13-14-9/h4H,1-3H3,(H,10,13,14). The molecule has 2 heterocycles. The summed E-state index contributed by atoms with van der Waals surface area (Å²) < 4.78 is 0. The number of aryl methyl sites for hydroxylation is 3. The van der Waals surface area contributed by atoms with Crippen molar-refractivity contribution in [3.63, 3.8) is 0 Å². The maximum atomic E-state index is 4.25. The van der Waals surface area contributed by atoms with Gasteiger partial charge in [-0.05, 0) is 26.8 Å². The molecule has 0 saturated heterocycles. The third kappa shape index (κ3) is 1.48. The normalized spacial score (nSPS) is 10.5. The lowest BCUT2D eigenvalue weighted by Crippen LogP contribution is -1.94. The molecule has 72 valence electrons. The Balaban J connectivity index is 2.55. The van der Waals surface area contributed by atoms with E-state index in [-0.39, 0.29) is 0 Å². The first-order valence-electron chi connectivity index (χ1n) is 4.37. The predicted octanol–water partition coefficient (Wildman–Crippen LogP) is 1.19. The summed E-state index contributed by atoms with van der Waals surface area (Å²) in [5.74, 6) is 1.48. The van der Waals surface area contributed by atoms with Crippen molar-refractivity contribution in [1.29, 1.82) is 0 Å². The number of rotatable bonds is 1. The van der Waals surface area contributed by atoms with Crippen LogP contribution in [0, 0.1) is 20.8 Å². The van der Waals surface area contributed by atoms with Crippen LogP contribution in [0.25, 0.3) is 11.4 Å². The van der Waals surface area contributed by atoms with Crippen molar-refractivity contribution in [2.75, 3.05) is 0 Å². The van der Waals surface area contributed by atoms with E-state index < -0.39 is 0 Å². The van der Waals surface area contributed by atoms with E-state index in [9.17, 15) is 0 Å². The molecule has 14 heavy (non-hydrogen) atoms. The van der Waals surface area contributed by atoms with Gasteiger partial charge in [-0.2, -0.15) is 15.3 Å². The molecule has 0 aliphatic carbocycles. The van der Waals surface area contributed by atoms with E-state index in [1.54, 1.807) is 0 Å². The topological polar surface area (TPSA) is 67.3 Å². The highest BCUT2D eigenvalue weighted by Gasteiger charge is 2.08. The molecule has 0 atom stereocenters. The molecule has 1 N–H and O–H groups in total. The summed E-state index contributed by atoms with van der Waals surface area (Å²) in [5.41, 5.74) is 2.64. The van der Waals surface area contributed by atoms with Crippen LogP contribution in [0.2, 0.25) is 0 Å². The average Bonchev–Trinajstić information content (AvgIpc) is 2.56. The van der Waals surface area contributed by atoms with Crippen LogP contribution in [0.5, 0.6) is 0 Å². The molecule has 0 fully saturated rings. The van der Waals surface area contributed by atoms with Gasteiger partial charge in [-0.25, -0.2) is 4.98 Å². The van der Waals surface area contributed by atoms with Crippen LogP contribution in [-0.2, 0) is 0 Å². The molecular weight excluding hydrogens is 178 g/mol. The van der Waals surface area contributed by atoms with E-state index in [2.05, 4.69) is 25.4 Å². The average molecular weight is 189 g/mol. The first-order valence-corrected chi connectivity index (χ1v) is 4.37. The molecule has 0 amide bonds. The molecule has 5 nitrogen and oxygen atoms in total. The van der Waals surface area contributed by atoms with Crippen LogP contribution < -0.4 is 0 Å². The van der Waals surface area contributed by atoms with Crippen molar-refractivity contribution >= 4 is 0 Å². The maximum Gasteiger partial charge on any atom is 0.183 e. The van der Waals surface area contributed by atoms with Gasteiger partial charge in [-0.15, -0.1) is 0 Å². The molecule has 0 bridgehead atoms. The minimum absolute atomic E-state index is 0.679. The zero-order chi connectivity index (χ0) is 10.1. The Morgan fingerprint density at radius 2 is 1.93 bits per heavy atom. The van der Waals surface area contributed by atoms with Crippen molar-refractivity contribution in [3.8, 4) is 11.4 Å². The van der Waals surface area contributed by atoms with Crippen LogP contribution in [0.1, 0.15) is 17.2 Å². The predicted molar refractivity (Wildman–Crippen MR) is 51.6 cm³/mol. The number of hydrogen-bond acceptors (Lipinski definition) is 4. The molecule has 0 radical (unpaired) electrons. The van der Waals surface area contributed by atoms with Gasteiger partial charge >= 0.3 is 0 Å². The van der Waals surface area contributed by atoms with Gasteiger partial charge in [0.15, 0.2) is 5.82 Å². The highest BCUT2D eigenvalue weighted by Crippen LogP contribution is 2.17. The highest BCUT2D eigenvalue weighted by atomic mass is 15.2. The summed E-state index contributed by atoms with van der Waals surface area (Å²) in [6.45, 7) is 5.66. The Morgan fingerprint density at radius 3 is 2.57 bits per heavy atom. The Morgan fingerprint density at radius 1 is 1.14 bits per heavy atom. The number of aromatic amines is 1. The molecule has 0 unspecified atom stereocenters. The first kappa shape index (κ1) is 8.80. The van der Waals surface area contributed by atoms with Crippen LogP contribution in [0.3, 0.4) is 0 Å². The lowest BCUT2D eigenvalue weighted by Gasteiger charge is -1.99. The monoisotopic (exact) mass is 189 g/mol. The SMILES string of the molecule is Cc1cc(-c2n[nH]c(C)n2)c(C)nn1. The molecule has 5 heteroatoms.